The van der Waals surface area contributed by atoms with Crippen LogP contribution in [0.1, 0.15) is 43.2 Å². The number of carbonyl (C=O) groups excluding carboxylic acids is 2. The fourth-order valence-corrected chi connectivity index (χ4v) is 4.62. The quantitative estimate of drug-likeness (QED) is 0.567. The van der Waals surface area contributed by atoms with Gasteiger partial charge < -0.3 is 25.2 Å². The Labute approximate surface area is 192 Å². The van der Waals surface area contributed by atoms with Gasteiger partial charge >= 0.3 is 12.1 Å². The number of likely N-dealkylation sites (tertiary alicyclic amines) is 1. The molecule has 3 N–H and O–H groups in total. The molecule has 174 valence electrons. The van der Waals surface area contributed by atoms with Gasteiger partial charge in [0.1, 0.15) is 6.61 Å². The van der Waals surface area contributed by atoms with E-state index in [9.17, 15) is 19.5 Å². The van der Waals surface area contributed by atoms with Crippen LogP contribution in [0, 0.1) is 0 Å². The first-order valence-electron chi connectivity index (χ1n) is 11.2. The van der Waals surface area contributed by atoms with Crippen molar-refractivity contribution in [3.8, 4) is 11.1 Å². The molecule has 0 spiro atoms. The van der Waals surface area contributed by atoms with Crippen LogP contribution in [0.4, 0.5) is 4.79 Å². The Bertz CT molecular complexity index is 1020. The monoisotopic (exact) mass is 452 g/mol. The second-order valence-electron chi connectivity index (χ2n) is 8.75. The van der Waals surface area contributed by atoms with E-state index >= 15 is 0 Å². The molecule has 1 saturated heterocycles. The Morgan fingerprint density at radius 3 is 2.21 bits per heavy atom. The van der Waals surface area contributed by atoms with Crippen LogP contribution in [0.3, 0.4) is 0 Å². The number of aliphatic hydroxyl groups is 1. The molecule has 1 heterocycles. The summed E-state index contributed by atoms with van der Waals surface area (Å²) in [7, 11) is 0. The minimum absolute atomic E-state index is 0.0216. The van der Waals surface area contributed by atoms with Crippen LogP contribution in [0.2, 0.25) is 0 Å². The summed E-state index contributed by atoms with van der Waals surface area (Å²) in [4.78, 5) is 37.3. The van der Waals surface area contributed by atoms with Crippen LogP contribution in [0.5, 0.6) is 0 Å². The van der Waals surface area contributed by atoms with Gasteiger partial charge in [0, 0.05) is 18.4 Å². The Hall–Kier alpha value is -3.39. The van der Waals surface area contributed by atoms with Gasteiger partial charge in [-0.2, -0.15) is 0 Å². The van der Waals surface area contributed by atoms with Gasteiger partial charge in [0.15, 0.2) is 5.60 Å². The van der Waals surface area contributed by atoms with E-state index < -0.39 is 23.7 Å². The number of fused-ring (bicyclic) bond motifs is 3. The molecule has 1 fully saturated rings. The maximum absolute atomic E-state index is 12.6. The highest BCUT2D eigenvalue weighted by molar-refractivity contribution is 5.85. The van der Waals surface area contributed by atoms with Crippen LogP contribution in [0.25, 0.3) is 11.1 Å². The van der Waals surface area contributed by atoms with Crippen molar-refractivity contribution in [3.05, 3.63) is 59.7 Å². The predicted octanol–water partition coefficient (Wildman–Crippen LogP) is 2.74. The van der Waals surface area contributed by atoms with E-state index in [-0.39, 0.29) is 37.9 Å². The number of hydrogen-bond acceptors (Lipinski definition) is 5. The third-order valence-corrected chi connectivity index (χ3v) is 6.38. The number of hydrogen-bond donors (Lipinski definition) is 3. The Morgan fingerprint density at radius 2 is 1.67 bits per heavy atom. The van der Waals surface area contributed by atoms with Crippen molar-refractivity contribution in [2.75, 3.05) is 19.7 Å². The number of carbonyl (C=O) groups is 3. The second kappa shape index (κ2) is 9.23. The summed E-state index contributed by atoms with van der Waals surface area (Å²) in [5.74, 6) is -1.70. The van der Waals surface area contributed by atoms with Crippen LogP contribution < -0.4 is 5.32 Å². The molecule has 1 aliphatic heterocycles. The molecule has 0 aromatic heterocycles. The van der Waals surface area contributed by atoms with E-state index in [0.29, 0.717) is 6.42 Å². The number of rotatable bonds is 8. The topological polar surface area (TPSA) is 116 Å². The second-order valence-corrected chi connectivity index (χ2v) is 8.75. The van der Waals surface area contributed by atoms with Crippen molar-refractivity contribution >= 4 is 18.0 Å². The fraction of sp³-hybridized carbons (Fsp3) is 0.400. The number of nitrogens with zero attached hydrogens (tertiary/aromatic N) is 1. The number of β-amino-alcohol motifs (C(OH)–C–C–N with tert-alkyl or cyclic N) is 1. The minimum Gasteiger partial charge on any atom is -0.479 e. The summed E-state index contributed by atoms with van der Waals surface area (Å²) in [5, 5.41) is 21.6. The molecular weight excluding hydrogens is 424 g/mol. The van der Waals surface area contributed by atoms with Gasteiger partial charge in [0.05, 0.1) is 13.1 Å². The molecule has 1 unspecified atom stereocenters. The number of ether oxygens (including phenoxy) is 1. The molecule has 0 radical (unpaired) electrons. The van der Waals surface area contributed by atoms with Crippen LogP contribution in [-0.4, -0.2) is 64.4 Å². The summed E-state index contributed by atoms with van der Waals surface area (Å²) in [6, 6.07) is 15.7. The van der Waals surface area contributed by atoms with Crippen molar-refractivity contribution in [3.63, 3.8) is 0 Å². The highest BCUT2D eigenvalue weighted by Crippen LogP contribution is 2.44. The molecule has 2 amide bonds. The van der Waals surface area contributed by atoms with Crippen LogP contribution in [0.15, 0.2) is 48.5 Å². The zero-order valence-corrected chi connectivity index (χ0v) is 18.5. The van der Waals surface area contributed by atoms with Gasteiger partial charge in [-0.05, 0) is 28.7 Å². The standard InChI is InChI=1S/C25H28N2O6/c1-2-7-16(12-22(28)27-14-25(32,15-27)23(29)30)26-24(31)33-13-21-19-10-5-3-8-17(19)18-9-4-6-11-20(18)21/h3-6,8-11,16,21,32H,2,7,12-15H2,1H3,(H,26,31)(H,29,30). The summed E-state index contributed by atoms with van der Waals surface area (Å²) in [5.41, 5.74) is 2.65. The number of benzene rings is 2. The highest BCUT2D eigenvalue weighted by atomic mass is 16.5. The van der Waals surface area contributed by atoms with Gasteiger partial charge in [0.2, 0.25) is 5.91 Å². The molecule has 0 saturated carbocycles. The zero-order chi connectivity index (χ0) is 23.6. The van der Waals surface area contributed by atoms with Gasteiger partial charge in [-0.3, -0.25) is 4.79 Å². The van der Waals surface area contributed by atoms with Crippen LogP contribution >= 0.6 is 0 Å². The van der Waals surface area contributed by atoms with E-state index in [1.807, 2.05) is 43.3 Å². The average Bonchev–Trinajstić information content (AvgIpc) is 3.09. The van der Waals surface area contributed by atoms with E-state index in [0.717, 1.165) is 28.7 Å². The molecule has 1 atom stereocenters. The first-order valence-corrected chi connectivity index (χ1v) is 11.2. The first kappa shape index (κ1) is 22.8. The van der Waals surface area contributed by atoms with Gasteiger partial charge in [-0.25, -0.2) is 9.59 Å². The normalized spacial score (nSPS) is 16.8. The van der Waals surface area contributed by atoms with Gasteiger partial charge in [-0.1, -0.05) is 61.9 Å². The minimum atomic E-state index is -1.88. The molecule has 8 heteroatoms. The summed E-state index contributed by atoms with van der Waals surface area (Å²) >= 11 is 0. The lowest BCUT2D eigenvalue weighted by Crippen LogP contribution is -2.67. The first-order chi connectivity index (χ1) is 15.8. The van der Waals surface area contributed by atoms with E-state index in [4.69, 9.17) is 9.84 Å². The molecule has 2 aliphatic rings. The Balaban J connectivity index is 1.34. The maximum Gasteiger partial charge on any atom is 0.407 e. The zero-order valence-electron chi connectivity index (χ0n) is 18.5. The molecule has 2 aromatic rings. The van der Waals surface area contributed by atoms with Crippen molar-refractivity contribution in [1.82, 2.24) is 10.2 Å². The Kier molecular flexibility index (Phi) is 6.37. The van der Waals surface area contributed by atoms with Crippen molar-refractivity contribution in [2.45, 2.75) is 43.7 Å². The molecule has 4 rings (SSSR count). The van der Waals surface area contributed by atoms with E-state index in [1.54, 1.807) is 0 Å². The number of nitrogens with one attached hydrogen (secondary N) is 1. The Morgan fingerprint density at radius 1 is 1.09 bits per heavy atom. The largest absolute Gasteiger partial charge is 0.479 e. The van der Waals surface area contributed by atoms with Gasteiger partial charge in [0.25, 0.3) is 0 Å². The molecule has 8 nitrogen and oxygen atoms in total. The molecule has 0 bridgehead atoms. The van der Waals surface area contributed by atoms with Crippen LogP contribution in [-0.2, 0) is 14.3 Å². The maximum atomic E-state index is 12.6. The highest BCUT2D eigenvalue weighted by Gasteiger charge is 2.50. The molecular formula is C25H28N2O6. The third kappa shape index (κ3) is 4.57. The smallest absolute Gasteiger partial charge is 0.407 e. The number of amides is 2. The molecule has 33 heavy (non-hydrogen) atoms. The lowest BCUT2D eigenvalue weighted by Gasteiger charge is -2.43. The molecule has 1 aliphatic carbocycles. The number of alkyl carbamates (subject to hydrolysis) is 1. The SMILES string of the molecule is CCCC(CC(=O)N1CC(O)(C(=O)O)C1)NC(=O)OCC1c2ccccc2-c2ccccc21. The van der Waals surface area contributed by atoms with Crippen molar-refractivity contribution in [1.29, 1.82) is 0 Å². The van der Waals surface area contributed by atoms with E-state index in [2.05, 4.69) is 17.4 Å². The lowest BCUT2D eigenvalue weighted by molar-refractivity contribution is -0.182. The average molecular weight is 453 g/mol. The number of carboxylic acids is 1. The van der Waals surface area contributed by atoms with Crippen molar-refractivity contribution < 1.29 is 29.3 Å². The van der Waals surface area contributed by atoms with E-state index in [1.165, 1.54) is 4.90 Å². The van der Waals surface area contributed by atoms with Gasteiger partial charge in [-0.15, -0.1) is 0 Å². The molecule has 2 aromatic carbocycles. The fourth-order valence-electron chi connectivity index (χ4n) is 4.62. The number of carboxylic acid groups (broad SMARTS) is 1. The third-order valence-electron chi connectivity index (χ3n) is 6.38. The summed E-state index contributed by atoms with van der Waals surface area (Å²) < 4.78 is 5.57. The summed E-state index contributed by atoms with van der Waals surface area (Å²) in [6.07, 6.45) is 0.759. The predicted molar refractivity (Wildman–Crippen MR) is 121 cm³/mol. The lowest BCUT2D eigenvalue weighted by atomic mass is 9.93. The number of aliphatic carboxylic acids is 1. The summed E-state index contributed by atoms with van der Waals surface area (Å²) in [6.45, 7) is 1.64. The van der Waals surface area contributed by atoms with Crippen molar-refractivity contribution in [2.24, 2.45) is 0 Å².